The highest BCUT2D eigenvalue weighted by atomic mass is 35.5. The summed E-state index contributed by atoms with van der Waals surface area (Å²) < 4.78 is 5.19. The first-order valence-electron chi connectivity index (χ1n) is 10.0. The van der Waals surface area contributed by atoms with Gasteiger partial charge in [0.05, 0.1) is 13.7 Å². The summed E-state index contributed by atoms with van der Waals surface area (Å²) in [6, 6.07) is 14.7. The molecule has 0 radical (unpaired) electrons. The lowest BCUT2D eigenvalue weighted by molar-refractivity contribution is -0.128. The Morgan fingerprint density at radius 1 is 1.07 bits per heavy atom. The molecule has 0 spiro atoms. The van der Waals surface area contributed by atoms with Crippen molar-refractivity contribution in [3.63, 3.8) is 0 Å². The van der Waals surface area contributed by atoms with E-state index in [1.165, 1.54) is 10.5 Å². The van der Waals surface area contributed by atoms with E-state index in [1.807, 2.05) is 43.3 Å². The van der Waals surface area contributed by atoms with E-state index in [9.17, 15) is 9.59 Å². The van der Waals surface area contributed by atoms with Crippen LogP contribution in [0.1, 0.15) is 37.3 Å². The number of urea groups is 1. The largest absolute Gasteiger partial charge is 0.497 e. The van der Waals surface area contributed by atoms with E-state index >= 15 is 0 Å². The fourth-order valence-corrected chi connectivity index (χ4v) is 3.94. The van der Waals surface area contributed by atoms with Crippen LogP contribution in [-0.4, -0.2) is 41.4 Å². The minimum absolute atomic E-state index is 0.113. The summed E-state index contributed by atoms with van der Waals surface area (Å²) in [4.78, 5) is 29.0. The number of imide groups is 1. The summed E-state index contributed by atoms with van der Waals surface area (Å²) in [5, 5.41) is 0.600. The zero-order valence-corrected chi connectivity index (χ0v) is 17.7. The van der Waals surface area contributed by atoms with Gasteiger partial charge in [-0.2, -0.15) is 0 Å². The quantitative estimate of drug-likeness (QED) is 0.547. The molecule has 3 amide bonds. The topological polar surface area (TPSA) is 49.9 Å². The molecule has 2 aromatic rings. The van der Waals surface area contributed by atoms with E-state index in [2.05, 4.69) is 0 Å². The van der Waals surface area contributed by atoms with E-state index in [4.69, 9.17) is 16.3 Å². The van der Waals surface area contributed by atoms with Crippen LogP contribution in [0.4, 0.5) is 4.79 Å². The van der Waals surface area contributed by atoms with Crippen LogP contribution in [-0.2, 0) is 17.8 Å². The van der Waals surface area contributed by atoms with Crippen molar-refractivity contribution in [2.45, 2.75) is 45.2 Å². The summed E-state index contributed by atoms with van der Waals surface area (Å²) in [5.74, 6) is 0.717. The SMILES string of the molecule is CCCN1C(=O)N(Cc2cccc(Cl)c2)C(=O)C1CCCc1ccc(OC)cc1. The van der Waals surface area contributed by atoms with Gasteiger partial charge < -0.3 is 9.64 Å². The number of carbonyl (C=O) groups excluding carboxylic acids is 2. The smallest absolute Gasteiger partial charge is 0.327 e. The Balaban J connectivity index is 1.65. The van der Waals surface area contributed by atoms with Gasteiger partial charge in [0.25, 0.3) is 5.91 Å². The second-order valence-electron chi connectivity index (χ2n) is 7.29. The molecule has 3 rings (SSSR count). The number of halogens is 1. The number of aryl methyl sites for hydroxylation is 1. The van der Waals surface area contributed by atoms with Gasteiger partial charge in [-0.05, 0) is 61.1 Å². The monoisotopic (exact) mass is 414 g/mol. The third-order valence-corrected chi connectivity index (χ3v) is 5.44. The van der Waals surface area contributed by atoms with Crippen LogP contribution >= 0.6 is 11.6 Å². The number of nitrogens with zero attached hydrogens (tertiary/aromatic N) is 2. The maximum atomic E-state index is 13.0. The summed E-state index contributed by atoms with van der Waals surface area (Å²) in [6.45, 7) is 2.86. The van der Waals surface area contributed by atoms with Gasteiger partial charge in [0.15, 0.2) is 0 Å². The van der Waals surface area contributed by atoms with E-state index in [1.54, 1.807) is 24.1 Å². The predicted molar refractivity (Wildman–Crippen MR) is 114 cm³/mol. The summed E-state index contributed by atoms with van der Waals surface area (Å²) >= 11 is 6.05. The average Bonchev–Trinajstić information content (AvgIpc) is 2.93. The van der Waals surface area contributed by atoms with Crippen LogP contribution in [0.5, 0.6) is 5.75 Å². The second-order valence-corrected chi connectivity index (χ2v) is 7.72. The molecule has 1 aliphatic heterocycles. The lowest BCUT2D eigenvalue weighted by Gasteiger charge is -2.21. The molecule has 1 heterocycles. The molecule has 2 aromatic carbocycles. The number of rotatable bonds is 9. The normalized spacial score (nSPS) is 16.6. The molecule has 0 aromatic heterocycles. The van der Waals surface area contributed by atoms with Crippen LogP contribution in [0.15, 0.2) is 48.5 Å². The molecule has 0 aliphatic carbocycles. The van der Waals surface area contributed by atoms with E-state index in [0.29, 0.717) is 18.0 Å². The third-order valence-electron chi connectivity index (χ3n) is 5.20. The van der Waals surface area contributed by atoms with Gasteiger partial charge in [0.1, 0.15) is 11.8 Å². The number of hydrogen-bond acceptors (Lipinski definition) is 3. The Labute approximate surface area is 177 Å². The van der Waals surface area contributed by atoms with Gasteiger partial charge in [0, 0.05) is 11.6 Å². The summed E-state index contributed by atoms with van der Waals surface area (Å²) in [5.41, 5.74) is 2.05. The van der Waals surface area contributed by atoms with Gasteiger partial charge in [-0.3, -0.25) is 9.69 Å². The Kier molecular flexibility index (Phi) is 7.15. The van der Waals surface area contributed by atoms with Crippen LogP contribution < -0.4 is 4.74 Å². The Bertz CT molecular complexity index is 853. The van der Waals surface area contributed by atoms with Crippen molar-refractivity contribution < 1.29 is 14.3 Å². The Hall–Kier alpha value is -2.53. The number of amides is 3. The van der Waals surface area contributed by atoms with Crippen molar-refractivity contribution in [3.8, 4) is 5.75 Å². The van der Waals surface area contributed by atoms with Crippen LogP contribution in [0.25, 0.3) is 0 Å². The second kappa shape index (κ2) is 9.79. The fraction of sp³-hybridized carbons (Fsp3) is 0.391. The minimum Gasteiger partial charge on any atom is -0.497 e. The van der Waals surface area contributed by atoms with E-state index in [-0.39, 0.29) is 24.5 Å². The standard InChI is InChI=1S/C23H27ClN2O3/c1-3-14-25-21(9-5-6-17-10-12-20(29-2)13-11-17)22(27)26(23(25)28)16-18-7-4-8-19(24)15-18/h4,7-8,10-13,15,21H,3,5-6,9,14,16H2,1-2H3. The fourth-order valence-electron chi connectivity index (χ4n) is 3.72. The zero-order chi connectivity index (χ0) is 20.8. The highest BCUT2D eigenvalue weighted by Crippen LogP contribution is 2.25. The molecule has 5 nitrogen and oxygen atoms in total. The van der Waals surface area contributed by atoms with Gasteiger partial charge in [-0.1, -0.05) is 42.8 Å². The van der Waals surface area contributed by atoms with Crippen molar-refractivity contribution in [1.82, 2.24) is 9.80 Å². The lowest BCUT2D eigenvalue weighted by Crippen LogP contribution is -2.35. The van der Waals surface area contributed by atoms with E-state index in [0.717, 1.165) is 30.6 Å². The molecule has 0 N–H and O–H groups in total. The van der Waals surface area contributed by atoms with Crippen LogP contribution in [0, 0.1) is 0 Å². The summed E-state index contributed by atoms with van der Waals surface area (Å²) in [6.07, 6.45) is 3.17. The van der Waals surface area contributed by atoms with E-state index < -0.39 is 0 Å². The first kappa shape index (κ1) is 21.2. The number of methoxy groups -OCH3 is 1. The number of benzene rings is 2. The molecule has 6 heteroatoms. The average molecular weight is 415 g/mol. The number of ether oxygens (including phenoxy) is 1. The van der Waals surface area contributed by atoms with Gasteiger partial charge >= 0.3 is 6.03 Å². The molecule has 1 unspecified atom stereocenters. The predicted octanol–water partition coefficient (Wildman–Crippen LogP) is 4.91. The van der Waals surface area contributed by atoms with Crippen LogP contribution in [0.2, 0.25) is 5.02 Å². The molecule has 1 saturated heterocycles. The molecule has 1 fully saturated rings. The molecular formula is C23H27ClN2O3. The molecular weight excluding hydrogens is 388 g/mol. The maximum absolute atomic E-state index is 13.0. The molecule has 154 valence electrons. The first-order chi connectivity index (χ1) is 14.0. The maximum Gasteiger partial charge on any atom is 0.327 e. The zero-order valence-electron chi connectivity index (χ0n) is 16.9. The Morgan fingerprint density at radius 3 is 2.48 bits per heavy atom. The molecule has 0 bridgehead atoms. The molecule has 1 aliphatic rings. The number of carbonyl (C=O) groups is 2. The lowest BCUT2D eigenvalue weighted by atomic mass is 10.0. The van der Waals surface area contributed by atoms with Gasteiger partial charge in [-0.25, -0.2) is 4.79 Å². The number of hydrogen-bond donors (Lipinski definition) is 0. The van der Waals surface area contributed by atoms with Crippen molar-refractivity contribution in [2.75, 3.05) is 13.7 Å². The molecule has 1 atom stereocenters. The van der Waals surface area contributed by atoms with Crippen LogP contribution in [0.3, 0.4) is 0 Å². The highest BCUT2D eigenvalue weighted by molar-refractivity contribution is 6.30. The molecule has 29 heavy (non-hydrogen) atoms. The van der Waals surface area contributed by atoms with Crippen molar-refractivity contribution >= 4 is 23.5 Å². The first-order valence-corrected chi connectivity index (χ1v) is 10.4. The Morgan fingerprint density at radius 2 is 1.83 bits per heavy atom. The van der Waals surface area contributed by atoms with Gasteiger partial charge in [-0.15, -0.1) is 0 Å². The molecule has 0 saturated carbocycles. The van der Waals surface area contributed by atoms with Crippen molar-refractivity contribution in [2.24, 2.45) is 0 Å². The van der Waals surface area contributed by atoms with Crippen molar-refractivity contribution in [3.05, 3.63) is 64.7 Å². The van der Waals surface area contributed by atoms with Crippen molar-refractivity contribution in [1.29, 1.82) is 0 Å². The summed E-state index contributed by atoms with van der Waals surface area (Å²) in [7, 11) is 1.65. The highest BCUT2D eigenvalue weighted by Gasteiger charge is 2.43. The van der Waals surface area contributed by atoms with Gasteiger partial charge in [0.2, 0.25) is 0 Å². The minimum atomic E-state index is -0.389. The third kappa shape index (κ3) is 5.10.